The second-order valence-corrected chi connectivity index (χ2v) is 4.49. The van der Waals surface area contributed by atoms with E-state index in [1.165, 1.54) is 6.42 Å². The largest absolute Gasteiger partial charge is 0.340 e. The third-order valence-electron chi connectivity index (χ3n) is 3.35. The van der Waals surface area contributed by atoms with Gasteiger partial charge in [-0.2, -0.15) is 5.26 Å². The second kappa shape index (κ2) is 5.75. The lowest BCUT2D eigenvalue weighted by molar-refractivity contribution is -0.126. The van der Waals surface area contributed by atoms with Crippen molar-refractivity contribution in [3.8, 4) is 6.07 Å². The topological polar surface area (TPSA) is 52.9 Å². The van der Waals surface area contributed by atoms with E-state index in [0.717, 1.165) is 31.6 Å². The molecule has 0 aromatic heterocycles. The van der Waals surface area contributed by atoms with Crippen molar-refractivity contribution in [3.63, 3.8) is 0 Å². The predicted molar refractivity (Wildman–Crippen MR) is 59.0 cm³/mol. The van der Waals surface area contributed by atoms with E-state index in [9.17, 15) is 4.79 Å². The number of nitrogens with one attached hydrogen (secondary N) is 1. The van der Waals surface area contributed by atoms with Crippen LogP contribution in [0.5, 0.6) is 0 Å². The van der Waals surface area contributed by atoms with Crippen molar-refractivity contribution in [2.45, 2.75) is 52.0 Å². The zero-order valence-electron chi connectivity index (χ0n) is 9.62. The van der Waals surface area contributed by atoms with E-state index in [-0.39, 0.29) is 17.9 Å². The fourth-order valence-electron chi connectivity index (χ4n) is 2.20. The van der Waals surface area contributed by atoms with Gasteiger partial charge in [0.1, 0.15) is 6.04 Å². The summed E-state index contributed by atoms with van der Waals surface area (Å²) in [6.45, 7) is 3.93. The van der Waals surface area contributed by atoms with Gasteiger partial charge in [-0.25, -0.2) is 0 Å². The van der Waals surface area contributed by atoms with Crippen LogP contribution in [0.3, 0.4) is 0 Å². The maximum Gasteiger partial charge on any atom is 0.224 e. The van der Waals surface area contributed by atoms with Gasteiger partial charge in [-0.15, -0.1) is 0 Å². The average molecular weight is 208 g/mol. The van der Waals surface area contributed by atoms with Crippen LogP contribution in [0.25, 0.3) is 0 Å². The van der Waals surface area contributed by atoms with Gasteiger partial charge in [0.2, 0.25) is 5.91 Å². The van der Waals surface area contributed by atoms with Gasteiger partial charge >= 0.3 is 0 Å². The molecule has 0 aliphatic heterocycles. The SMILES string of the molecule is CCC1CCC(C(=O)N[C@@H](C)C#N)CC1. The van der Waals surface area contributed by atoms with E-state index < -0.39 is 0 Å². The molecule has 0 spiro atoms. The van der Waals surface area contributed by atoms with E-state index in [4.69, 9.17) is 5.26 Å². The standard InChI is InChI=1S/C12H20N2O/c1-3-10-4-6-11(7-5-10)12(15)14-9(2)8-13/h9-11H,3-7H2,1-2H3,(H,14,15)/t9-,10?,11?/m0/s1. The quantitative estimate of drug-likeness (QED) is 0.773. The van der Waals surface area contributed by atoms with Crippen molar-refractivity contribution in [1.29, 1.82) is 5.26 Å². The molecule has 1 atom stereocenters. The summed E-state index contributed by atoms with van der Waals surface area (Å²) in [4.78, 5) is 11.7. The van der Waals surface area contributed by atoms with Crippen LogP contribution >= 0.6 is 0 Å². The van der Waals surface area contributed by atoms with Crippen molar-refractivity contribution in [2.75, 3.05) is 0 Å². The number of rotatable bonds is 3. The molecule has 3 heteroatoms. The van der Waals surface area contributed by atoms with Crippen LogP contribution in [0.15, 0.2) is 0 Å². The monoisotopic (exact) mass is 208 g/mol. The molecule has 1 amide bonds. The number of hydrogen-bond donors (Lipinski definition) is 1. The molecule has 1 N–H and O–H groups in total. The zero-order chi connectivity index (χ0) is 11.3. The molecule has 0 aromatic rings. The Kier molecular flexibility index (Phi) is 4.61. The number of carbonyl (C=O) groups is 1. The molecule has 0 aromatic carbocycles. The second-order valence-electron chi connectivity index (χ2n) is 4.49. The summed E-state index contributed by atoms with van der Waals surface area (Å²) < 4.78 is 0. The van der Waals surface area contributed by atoms with Crippen molar-refractivity contribution >= 4 is 5.91 Å². The maximum absolute atomic E-state index is 11.7. The summed E-state index contributed by atoms with van der Waals surface area (Å²) in [5, 5.41) is 11.3. The molecule has 84 valence electrons. The molecule has 1 fully saturated rings. The van der Waals surface area contributed by atoms with E-state index in [2.05, 4.69) is 12.2 Å². The fourth-order valence-corrected chi connectivity index (χ4v) is 2.20. The molecule has 0 bridgehead atoms. The fraction of sp³-hybridized carbons (Fsp3) is 0.833. The molecule has 1 rings (SSSR count). The molecule has 0 radical (unpaired) electrons. The minimum atomic E-state index is -0.360. The number of hydrogen-bond acceptors (Lipinski definition) is 2. The molecule has 1 aliphatic rings. The molecule has 3 nitrogen and oxygen atoms in total. The van der Waals surface area contributed by atoms with Gasteiger partial charge in [0.25, 0.3) is 0 Å². The van der Waals surface area contributed by atoms with Crippen LogP contribution in [0, 0.1) is 23.2 Å². The lowest BCUT2D eigenvalue weighted by Gasteiger charge is -2.27. The molecule has 0 saturated heterocycles. The maximum atomic E-state index is 11.7. The number of nitriles is 1. The third kappa shape index (κ3) is 3.54. The first-order valence-corrected chi connectivity index (χ1v) is 5.87. The summed E-state index contributed by atoms with van der Waals surface area (Å²) in [5.41, 5.74) is 0. The first-order valence-electron chi connectivity index (χ1n) is 5.87. The van der Waals surface area contributed by atoms with Gasteiger partial charge in [0.15, 0.2) is 0 Å². The Morgan fingerprint density at radius 3 is 2.53 bits per heavy atom. The van der Waals surface area contributed by atoms with Crippen LogP contribution in [0.1, 0.15) is 46.0 Å². The lowest BCUT2D eigenvalue weighted by Crippen LogP contribution is -2.37. The lowest BCUT2D eigenvalue weighted by atomic mass is 9.80. The van der Waals surface area contributed by atoms with Crippen LogP contribution in [-0.2, 0) is 4.79 Å². The zero-order valence-corrected chi connectivity index (χ0v) is 9.62. The highest BCUT2D eigenvalue weighted by atomic mass is 16.1. The summed E-state index contributed by atoms with van der Waals surface area (Å²) in [6.07, 6.45) is 5.53. The summed E-state index contributed by atoms with van der Waals surface area (Å²) >= 11 is 0. The average Bonchev–Trinajstić information content (AvgIpc) is 2.29. The minimum Gasteiger partial charge on any atom is -0.340 e. The predicted octanol–water partition coefficient (Wildman–Crippen LogP) is 2.23. The third-order valence-corrected chi connectivity index (χ3v) is 3.35. The highest BCUT2D eigenvalue weighted by molar-refractivity contribution is 5.79. The number of carbonyl (C=O) groups excluding carboxylic acids is 1. The Hall–Kier alpha value is -1.04. The van der Waals surface area contributed by atoms with Gasteiger partial charge < -0.3 is 5.32 Å². The summed E-state index contributed by atoms with van der Waals surface area (Å²) in [7, 11) is 0. The Morgan fingerprint density at radius 2 is 2.07 bits per heavy atom. The molecule has 1 saturated carbocycles. The molecule has 15 heavy (non-hydrogen) atoms. The highest BCUT2D eigenvalue weighted by Gasteiger charge is 2.25. The normalized spacial score (nSPS) is 27.8. The van der Waals surface area contributed by atoms with Crippen LogP contribution in [0.4, 0.5) is 0 Å². The molecule has 0 heterocycles. The first-order chi connectivity index (χ1) is 7.17. The summed E-state index contributed by atoms with van der Waals surface area (Å²) in [5.74, 6) is 1.02. The van der Waals surface area contributed by atoms with Crippen molar-refractivity contribution in [3.05, 3.63) is 0 Å². The Balaban J connectivity index is 2.34. The van der Waals surface area contributed by atoms with Crippen LogP contribution in [-0.4, -0.2) is 11.9 Å². The Bertz CT molecular complexity index is 249. The highest BCUT2D eigenvalue weighted by Crippen LogP contribution is 2.30. The van der Waals surface area contributed by atoms with E-state index in [0.29, 0.717) is 0 Å². The van der Waals surface area contributed by atoms with E-state index >= 15 is 0 Å². The molecular formula is C12H20N2O. The smallest absolute Gasteiger partial charge is 0.224 e. The van der Waals surface area contributed by atoms with Crippen molar-refractivity contribution in [1.82, 2.24) is 5.32 Å². The van der Waals surface area contributed by atoms with Gasteiger partial charge in [-0.05, 0) is 38.5 Å². The summed E-state index contributed by atoms with van der Waals surface area (Å²) in [6, 6.07) is 1.66. The first kappa shape index (κ1) is 12.0. The minimum absolute atomic E-state index is 0.0682. The Morgan fingerprint density at radius 1 is 1.47 bits per heavy atom. The van der Waals surface area contributed by atoms with E-state index in [1.807, 2.05) is 6.07 Å². The molecule has 1 aliphatic carbocycles. The van der Waals surface area contributed by atoms with E-state index in [1.54, 1.807) is 6.92 Å². The van der Waals surface area contributed by atoms with Crippen molar-refractivity contribution in [2.24, 2.45) is 11.8 Å². The van der Waals surface area contributed by atoms with Gasteiger partial charge in [0, 0.05) is 5.92 Å². The van der Waals surface area contributed by atoms with Gasteiger partial charge in [-0.1, -0.05) is 13.3 Å². The van der Waals surface area contributed by atoms with Gasteiger partial charge in [-0.3, -0.25) is 4.79 Å². The van der Waals surface area contributed by atoms with Crippen molar-refractivity contribution < 1.29 is 4.79 Å². The number of nitrogens with zero attached hydrogens (tertiary/aromatic N) is 1. The molecule has 0 unspecified atom stereocenters. The van der Waals surface area contributed by atoms with Crippen LogP contribution in [0.2, 0.25) is 0 Å². The molecular weight excluding hydrogens is 188 g/mol. The number of amides is 1. The van der Waals surface area contributed by atoms with Gasteiger partial charge in [0.05, 0.1) is 6.07 Å². The Labute approximate surface area is 91.9 Å². The van der Waals surface area contributed by atoms with Crippen LogP contribution < -0.4 is 5.32 Å².